The summed E-state index contributed by atoms with van der Waals surface area (Å²) in [7, 11) is 3.70. The number of amides is 1. The van der Waals surface area contributed by atoms with Crippen LogP contribution < -0.4 is 5.32 Å². The monoisotopic (exact) mass is 316 g/mol. The average molecular weight is 316 g/mol. The van der Waals surface area contributed by atoms with Crippen molar-refractivity contribution in [3.05, 3.63) is 47.8 Å². The van der Waals surface area contributed by atoms with Gasteiger partial charge in [0, 0.05) is 13.6 Å². The van der Waals surface area contributed by atoms with Gasteiger partial charge in [-0.05, 0) is 26.0 Å². The van der Waals surface area contributed by atoms with Crippen LogP contribution in [-0.2, 0) is 11.8 Å². The Hall–Kier alpha value is -2.18. The van der Waals surface area contributed by atoms with E-state index in [1.54, 1.807) is 10.9 Å². The lowest BCUT2D eigenvalue weighted by atomic mass is 10.1. The highest BCUT2D eigenvalue weighted by Crippen LogP contribution is 2.16. The second kappa shape index (κ2) is 7.89. The van der Waals surface area contributed by atoms with Crippen LogP contribution in [0.1, 0.15) is 23.8 Å². The number of anilines is 1. The molecule has 2 rings (SSSR count). The Morgan fingerprint density at radius 3 is 2.70 bits per heavy atom. The summed E-state index contributed by atoms with van der Waals surface area (Å²) in [6, 6.07) is 9.55. The van der Waals surface area contributed by atoms with Gasteiger partial charge in [-0.25, -0.2) is 0 Å². The zero-order valence-corrected chi connectivity index (χ0v) is 13.9. The zero-order valence-electron chi connectivity index (χ0n) is 13.9. The number of nitrogens with one attached hydrogen (secondary N) is 1. The molecule has 0 saturated heterocycles. The van der Waals surface area contributed by atoms with E-state index in [2.05, 4.69) is 10.4 Å². The van der Waals surface area contributed by atoms with Crippen molar-refractivity contribution in [2.45, 2.75) is 19.4 Å². The molecule has 1 aromatic heterocycles. The smallest absolute Gasteiger partial charge is 0.238 e. The number of carbonyl (C=O) groups is 1. The van der Waals surface area contributed by atoms with Gasteiger partial charge in [0.15, 0.2) is 0 Å². The fraction of sp³-hybridized carbons (Fsp3) is 0.412. The van der Waals surface area contributed by atoms with Crippen LogP contribution in [0.5, 0.6) is 0 Å². The first kappa shape index (κ1) is 17.2. The van der Waals surface area contributed by atoms with Crippen LogP contribution >= 0.6 is 0 Å². The Bertz CT molecular complexity index is 639. The SMILES string of the molecule is Cc1c(NC(=O)CN(C)CCC(O)c2ccccc2)cnn1C. The van der Waals surface area contributed by atoms with Crippen LogP contribution in [0.15, 0.2) is 36.5 Å². The first-order valence-corrected chi connectivity index (χ1v) is 7.67. The second-order valence-electron chi connectivity index (χ2n) is 5.77. The van der Waals surface area contributed by atoms with Gasteiger partial charge in [0.05, 0.1) is 30.2 Å². The largest absolute Gasteiger partial charge is 0.388 e. The van der Waals surface area contributed by atoms with Crippen molar-refractivity contribution in [3.8, 4) is 0 Å². The average Bonchev–Trinajstić information content (AvgIpc) is 2.85. The third-order valence-corrected chi connectivity index (χ3v) is 3.89. The van der Waals surface area contributed by atoms with E-state index < -0.39 is 6.10 Å². The van der Waals surface area contributed by atoms with Gasteiger partial charge in [-0.2, -0.15) is 5.10 Å². The standard InChI is InChI=1S/C17H24N4O2/c1-13-15(11-18-21(13)3)19-17(23)12-20(2)10-9-16(22)14-7-5-4-6-8-14/h4-8,11,16,22H,9-10,12H2,1-3H3,(H,19,23). The van der Waals surface area contributed by atoms with E-state index in [1.165, 1.54) is 0 Å². The minimum absolute atomic E-state index is 0.0854. The number of hydrogen-bond acceptors (Lipinski definition) is 4. The molecule has 0 radical (unpaired) electrons. The number of carbonyl (C=O) groups excluding carboxylic acids is 1. The fourth-order valence-electron chi connectivity index (χ4n) is 2.32. The molecule has 0 bridgehead atoms. The van der Waals surface area contributed by atoms with E-state index in [4.69, 9.17) is 0 Å². The summed E-state index contributed by atoms with van der Waals surface area (Å²) in [6.07, 6.45) is 1.72. The normalized spacial score (nSPS) is 12.4. The first-order chi connectivity index (χ1) is 11.0. The predicted octanol–water partition coefficient (Wildman–Crippen LogP) is 1.72. The molecule has 2 N–H and O–H groups in total. The molecule has 1 amide bonds. The van der Waals surface area contributed by atoms with E-state index in [0.717, 1.165) is 16.9 Å². The lowest BCUT2D eigenvalue weighted by Gasteiger charge is -2.18. The molecule has 124 valence electrons. The van der Waals surface area contributed by atoms with E-state index in [-0.39, 0.29) is 12.5 Å². The van der Waals surface area contributed by atoms with Crippen LogP contribution in [0.3, 0.4) is 0 Å². The molecule has 6 heteroatoms. The summed E-state index contributed by atoms with van der Waals surface area (Å²) in [6.45, 7) is 2.81. The Balaban J connectivity index is 1.77. The molecule has 0 fully saturated rings. The van der Waals surface area contributed by atoms with Gasteiger partial charge in [0.2, 0.25) is 5.91 Å². The quantitative estimate of drug-likeness (QED) is 0.816. The minimum Gasteiger partial charge on any atom is -0.388 e. The number of aryl methyl sites for hydroxylation is 1. The molecule has 0 aliphatic carbocycles. The number of likely N-dealkylation sites (N-methyl/N-ethyl adjacent to an activating group) is 1. The summed E-state index contributed by atoms with van der Waals surface area (Å²) < 4.78 is 1.72. The second-order valence-corrected chi connectivity index (χ2v) is 5.77. The molecule has 1 heterocycles. The van der Waals surface area contributed by atoms with Gasteiger partial charge in [-0.1, -0.05) is 30.3 Å². The Kier molecular flexibility index (Phi) is 5.90. The molecule has 0 spiro atoms. The molecule has 1 unspecified atom stereocenters. The summed E-state index contributed by atoms with van der Waals surface area (Å²) in [5, 5.41) is 17.1. The molecular weight excluding hydrogens is 292 g/mol. The van der Waals surface area contributed by atoms with E-state index in [1.807, 2.05) is 56.3 Å². The summed E-state index contributed by atoms with van der Waals surface area (Å²) >= 11 is 0. The molecular formula is C17H24N4O2. The van der Waals surface area contributed by atoms with E-state index in [9.17, 15) is 9.90 Å². The van der Waals surface area contributed by atoms with E-state index >= 15 is 0 Å². The Morgan fingerprint density at radius 2 is 2.09 bits per heavy atom. The van der Waals surface area contributed by atoms with Gasteiger partial charge < -0.3 is 10.4 Å². The lowest BCUT2D eigenvalue weighted by Crippen LogP contribution is -2.31. The van der Waals surface area contributed by atoms with Gasteiger partial charge in [-0.3, -0.25) is 14.4 Å². The number of hydrogen-bond donors (Lipinski definition) is 2. The maximum atomic E-state index is 12.0. The van der Waals surface area contributed by atoms with Crippen LogP contribution in [0.25, 0.3) is 0 Å². The number of aliphatic hydroxyl groups excluding tert-OH is 1. The van der Waals surface area contributed by atoms with Crippen molar-refractivity contribution in [2.24, 2.45) is 7.05 Å². The van der Waals surface area contributed by atoms with Crippen molar-refractivity contribution in [3.63, 3.8) is 0 Å². The van der Waals surface area contributed by atoms with Gasteiger partial charge in [0.1, 0.15) is 0 Å². The number of rotatable bonds is 7. The predicted molar refractivity (Wildman–Crippen MR) is 90.1 cm³/mol. The van der Waals surface area contributed by atoms with Gasteiger partial charge in [0.25, 0.3) is 0 Å². The topological polar surface area (TPSA) is 70.4 Å². The van der Waals surface area contributed by atoms with Gasteiger partial charge >= 0.3 is 0 Å². The van der Waals surface area contributed by atoms with Crippen LogP contribution in [-0.4, -0.2) is 45.8 Å². The maximum Gasteiger partial charge on any atom is 0.238 e. The highest BCUT2D eigenvalue weighted by atomic mass is 16.3. The zero-order chi connectivity index (χ0) is 16.8. The van der Waals surface area contributed by atoms with Crippen molar-refractivity contribution in [2.75, 3.05) is 25.5 Å². The minimum atomic E-state index is -0.512. The number of nitrogens with zero attached hydrogens (tertiary/aromatic N) is 3. The molecule has 0 aliphatic rings. The van der Waals surface area contributed by atoms with Crippen LogP contribution in [0.2, 0.25) is 0 Å². The molecule has 2 aromatic rings. The summed E-state index contributed by atoms with van der Waals surface area (Å²) in [5.74, 6) is -0.0854. The van der Waals surface area contributed by atoms with E-state index in [0.29, 0.717) is 13.0 Å². The molecule has 1 aromatic carbocycles. The van der Waals surface area contributed by atoms with Gasteiger partial charge in [-0.15, -0.1) is 0 Å². The molecule has 1 atom stereocenters. The molecule has 6 nitrogen and oxygen atoms in total. The first-order valence-electron chi connectivity index (χ1n) is 7.67. The van der Waals surface area contributed by atoms with Crippen molar-refractivity contribution >= 4 is 11.6 Å². The number of benzene rings is 1. The van der Waals surface area contributed by atoms with Crippen LogP contribution in [0.4, 0.5) is 5.69 Å². The third-order valence-electron chi connectivity index (χ3n) is 3.89. The number of aliphatic hydroxyl groups is 1. The third kappa shape index (κ3) is 4.91. The Labute approximate surface area is 136 Å². The molecule has 0 aliphatic heterocycles. The maximum absolute atomic E-state index is 12.0. The van der Waals surface area contributed by atoms with Crippen molar-refractivity contribution < 1.29 is 9.90 Å². The van der Waals surface area contributed by atoms with Crippen molar-refractivity contribution in [1.29, 1.82) is 0 Å². The summed E-state index contributed by atoms with van der Waals surface area (Å²) in [5.41, 5.74) is 2.55. The fourth-order valence-corrected chi connectivity index (χ4v) is 2.32. The molecule has 0 saturated carbocycles. The highest BCUT2D eigenvalue weighted by molar-refractivity contribution is 5.92. The van der Waals surface area contributed by atoms with Crippen LogP contribution in [0, 0.1) is 6.92 Å². The lowest BCUT2D eigenvalue weighted by molar-refractivity contribution is -0.117. The molecule has 23 heavy (non-hydrogen) atoms. The number of aromatic nitrogens is 2. The highest BCUT2D eigenvalue weighted by Gasteiger charge is 2.12. The Morgan fingerprint density at radius 1 is 1.39 bits per heavy atom. The summed E-state index contributed by atoms with van der Waals surface area (Å²) in [4.78, 5) is 13.9. The van der Waals surface area contributed by atoms with Crippen molar-refractivity contribution in [1.82, 2.24) is 14.7 Å².